The van der Waals surface area contributed by atoms with Gasteiger partial charge in [-0.3, -0.25) is 9.59 Å². The smallest absolute Gasteiger partial charge is 0.303 e. The van der Waals surface area contributed by atoms with Gasteiger partial charge in [0.05, 0.1) is 6.54 Å². The van der Waals surface area contributed by atoms with E-state index in [0.29, 0.717) is 38.9 Å². The summed E-state index contributed by atoms with van der Waals surface area (Å²) in [7, 11) is 0. The number of aliphatic carboxylic acids is 1. The molecule has 162 valence electrons. The van der Waals surface area contributed by atoms with E-state index in [9.17, 15) is 14.0 Å². The molecule has 1 aromatic heterocycles. The van der Waals surface area contributed by atoms with Crippen LogP contribution in [0.2, 0.25) is 0 Å². The van der Waals surface area contributed by atoms with Gasteiger partial charge in [0, 0.05) is 42.5 Å². The van der Waals surface area contributed by atoms with Crippen LogP contribution in [0.4, 0.5) is 4.39 Å². The predicted octanol–water partition coefficient (Wildman–Crippen LogP) is 4.75. The number of hydrogen-bond acceptors (Lipinski definition) is 2. The van der Waals surface area contributed by atoms with Crippen LogP contribution in [0.3, 0.4) is 0 Å². The van der Waals surface area contributed by atoms with E-state index in [2.05, 4.69) is 16.7 Å². The third kappa shape index (κ3) is 4.79. The second kappa shape index (κ2) is 9.33. The number of halogens is 1. The van der Waals surface area contributed by atoms with Crippen molar-refractivity contribution in [3.63, 3.8) is 0 Å². The Balaban J connectivity index is 1.51. The minimum atomic E-state index is -0.788. The van der Waals surface area contributed by atoms with Crippen LogP contribution in [0.1, 0.15) is 48.9 Å². The number of carbonyl (C=O) groups excluding carboxylic acids is 1. The van der Waals surface area contributed by atoms with Crippen LogP contribution in [0.25, 0.3) is 10.9 Å². The second-order valence-corrected chi connectivity index (χ2v) is 8.17. The van der Waals surface area contributed by atoms with Gasteiger partial charge in [0.25, 0.3) is 0 Å². The lowest BCUT2D eigenvalue weighted by molar-refractivity contribution is -0.137. The van der Waals surface area contributed by atoms with Crippen LogP contribution in [-0.2, 0) is 29.1 Å². The summed E-state index contributed by atoms with van der Waals surface area (Å²) in [5.41, 5.74) is 4.60. The van der Waals surface area contributed by atoms with Gasteiger partial charge in [0.1, 0.15) is 5.82 Å². The highest BCUT2D eigenvalue weighted by atomic mass is 19.1. The van der Waals surface area contributed by atoms with Gasteiger partial charge in [-0.05, 0) is 48.6 Å². The zero-order valence-electron chi connectivity index (χ0n) is 17.5. The Bertz CT molecular complexity index is 1090. The first-order chi connectivity index (χ1) is 15.0. The quantitative estimate of drug-likeness (QED) is 0.533. The van der Waals surface area contributed by atoms with Gasteiger partial charge in [0.2, 0.25) is 5.91 Å². The van der Waals surface area contributed by atoms with Gasteiger partial charge < -0.3 is 14.6 Å². The van der Waals surface area contributed by atoms with Gasteiger partial charge in [-0.1, -0.05) is 36.8 Å². The first-order valence-electron chi connectivity index (χ1n) is 10.9. The first-order valence-corrected chi connectivity index (χ1v) is 10.9. The third-order valence-corrected chi connectivity index (χ3v) is 6.05. The van der Waals surface area contributed by atoms with Gasteiger partial charge in [0.15, 0.2) is 0 Å². The molecule has 2 aromatic carbocycles. The molecule has 0 atom stereocenters. The number of nitrogens with zero attached hydrogens (tertiary/aromatic N) is 2. The maximum atomic E-state index is 13.3. The van der Waals surface area contributed by atoms with E-state index in [-0.39, 0.29) is 18.1 Å². The highest BCUT2D eigenvalue weighted by molar-refractivity contribution is 5.86. The highest BCUT2D eigenvalue weighted by Crippen LogP contribution is 2.32. The van der Waals surface area contributed by atoms with Gasteiger partial charge in [-0.15, -0.1) is 0 Å². The zero-order valence-corrected chi connectivity index (χ0v) is 17.5. The Morgan fingerprint density at radius 3 is 2.48 bits per heavy atom. The minimum Gasteiger partial charge on any atom is -0.481 e. The normalized spacial score (nSPS) is 13.4. The average Bonchev–Trinajstić information content (AvgIpc) is 3.08. The largest absolute Gasteiger partial charge is 0.481 e. The lowest BCUT2D eigenvalue weighted by Crippen LogP contribution is -2.36. The Labute approximate surface area is 181 Å². The number of carboxylic acid groups (broad SMARTS) is 1. The molecule has 1 aliphatic rings. The Morgan fingerprint density at radius 2 is 1.71 bits per heavy atom. The molecule has 0 fully saturated rings. The van der Waals surface area contributed by atoms with E-state index in [1.807, 2.05) is 17.0 Å². The van der Waals surface area contributed by atoms with Crippen molar-refractivity contribution in [1.82, 2.24) is 9.47 Å². The SMILES string of the molecule is O=C(O)CCCCCC(=O)N1CCc2c(n(Cc3ccc(F)cc3)c3ccccc23)C1. The molecule has 0 radical (unpaired) electrons. The standard InChI is InChI=1S/C25H27FN2O3/c26-19-12-10-18(11-13-19)16-28-22-7-5-4-6-20(22)21-14-15-27(17-23(21)28)24(29)8-2-1-3-9-25(30)31/h4-7,10-13H,1-3,8-9,14-17H2,(H,30,31). The summed E-state index contributed by atoms with van der Waals surface area (Å²) in [6.45, 7) is 1.90. The zero-order chi connectivity index (χ0) is 21.8. The van der Waals surface area contributed by atoms with E-state index in [0.717, 1.165) is 29.6 Å². The summed E-state index contributed by atoms with van der Waals surface area (Å²) >= 11 is 0. The van der Waals surface area contributed by atoms with Crippen LogP contribution in [0, 0.1) is 5.82 Å². The van der Waals surface area contributed by atoms with Crippen LogP contribution in [0.5, 0.6) is 0 Å². The molecule has 0 spiro atoms. The van der Waals surface area contributed by atoms with Crippen LogP contribution >= 0.6 is 0 Å². The number of rotatable bonds is 8. The van der Waals surface area contributed by atoms with Crippen molar-refractivity contribution < 1.29 is 19.1 Å². The molecule has 5 nitrogen and oxygen atoms in total. The highest BCUT2D eigenvalue weighted by Gasteiger charge is 2.26. The topological polar surface area (TPSA) is 62.5 Å². The lowest BCUT2D eigenvalue weighted by atomic mass is 10.0. The lowest BCUT2D eigenvalue weighted by Gasteiger charge is -2.29. The van der Waals surface area contributed by atoms with Crippen LogP contribution in [-0.4, -0.2) is 33.0 Å². The maximum absolute atomic E-state index is 13.3. The van der Waals surface area contributed by atoms with Crippen molar-refractivity contribution in [1.29, 1.82) is 0 Å². The number of amides is 1. The third-order valence-electron chi connectivity index (χ3n) is 6.05. The van der Waals surface area contributed by atoms with Crippen LogP contribution < -0.4 is 0 Å². The fraction of sp³-hybridized carbons (Fsp3) is 0.360. The van der Waals surface area contributed by atoms with Crippen molar-refractivity contribution in [2.45, 2.75) is 51.6 Å². The number of unbranched alkanes of at least 4 members (excludes halogenated alkanes) is 2. The summed E-state index contributed by atoms with van der Waals surface area (Å²) in [5.74, 6) is -0.910. The molecule has 2 heterocycles. The average molecular weight is 423 g/mol. The first kappa shape index (κ1) is 21.1. The Kier molecular flexibility index (Phi) is 6.35. The molecular weight excluding hydrogens is 395 g/mol. The summed E-state index contributed by atoms with van der Waals surface area (Å²) in [6.07, 6.45) is 3.50. The summed E-state index contributed by atoms with van der Waals surface area (Å²) in [5, 5.41) is 9.95. The monoisotopic (exact) mass is 422 g/mol. The fourth-order valence-corrected chi connectivity index (χ4v) is 4.45. The number of hydrogen-bond donors (Lipinski definition) is 1. The predicted molar refractivity (Wildman–Crippen MR) is 117 cm³/mol. The number of para-hydroxylation sites is 1. The van der Waals surface area contributed by atoms with Crippen molar-refractivity contribution in [3.8, 4) is 0 Å². The van der Waals surface area contributed by atoms with E-state index in [1.165, 1.54) is 23.1 Å². The van der Waals surface area contributed by atoms with Gasteiger partial charge in [-0.25, -0.2) is 4.39 Å². The Morgan fingerprint density at radius 1 is 0.968 bits per heavy atom. The number of carboxylic acids is 1. The molecule has 4 rings (SSSR count). The minimum absolute atomic E-state index is 0.125. The molecule has 31 heavy (non-hydrogen) atoms. The number of fused-ring (bicyclic) bond motifs is 3. The van der Waals surface area contributed by atoms with Crippen molar-refractivity contribution >= 4 is 22.8 Å². The molecule has 1 amide bonds. The van der Waals surface area contributed by atoms with E-state index >= 15 is 0 Å². The summed E-state index contributed by atoms with van der Waals surface area (Å²) in [4.78, 5) is 25.3. The van der Waals surface area contributed by atoms with Gasteiger partial charge in [-0.2, -0.15) is 0 Å². The molecule has 1 aliphatic heterocycles. The number of aromatic nitrogens is 1. The Hall–Kier alpha value is -3.15. The fourth-order valence-electron chi connectivity index (χ4n) is 4.45. The molecule has 0 saturated heterocycles. The van der Waals surface area contributed by atoms with E-state index in [4.69, 9.17) is 5.11 Å². The van der Waals surface area contributed by atoms with E-state index in [1.54, 1.807) is 12.1 Å². The molecule has 0 saturated carbocycles. The molecule has 0 bridgehead atoms. The van der Waals surface area contributed by atoms with Crippen molar-refractivity contribution in [2.75, 3.05) is 6.54 Å². The molecular formula is C25H27FN2O3. The molecule has 3 aromatic rings. The summed E-state index contributed by atoms with van der Waals surface area (Å²) < 4.78 is 15.6. The van der Waals surface area contributed by atoms with Crippen LogP contribution in [0.15, 0.2) is 48.5 Å². The summed E-state index contributed by atoms with van der Waals surface area (Å²) in [6, 6.07) is 14.9. The number of benzene rings is 2. The van der Waals surface area contributed by atoms with Crippen molar-refractivity contribution in [3.05, 3.63) is 71.2 Å². The second-order valence-electron chi connectivity index (χ2n) is 8.17. The van der Waals surface area contributed by atoms with Crippen molar-refractivity contribution in [2.24, 2.45) is 0 Å². The van der Waals surface area contributed by atoms with E-state index < -0.39 is 5.97 Å². The maximum Gasteiger partial charge on any atom is 0.303 e. The molecule has 0 aliphatic carbocycles. The number of carbonyl (C=O) groups is 2. The molecule has 6 heteroatoms. The molecule has 1 N–H and O–H groups in total. The van der Waals surface area contributed by atoms with Gasteiger partial charge >= 0.3 is 5.97 Å². The molecule has 0 unspecified atom stereocenters.